The quantitative estimate of drug-likeness (QED) is 0.869. The molecule has 0 radical (unpaired) electrons. The van der Waals surface area contributed by atoms with Crippen LogP contribution in [0.4, 0.5) is 8.78 Å². The number of benzene rings is 1. The number of alkyl halides is 2. The van der Waals surface area contributed by atoms with Crippen LogP contribution < -0.4 is 10.1 Å². The van der Waals surface area contributed by atoms with E-state index < -0.39 is 6.61 Å². The van der Waals surface area contributed by atoms with Crippen LogP contribution >= 0.6 is 0 Å². The molecule has 1 aliphatic heterocycles. The Balaban J connectivity index is 2.11. The van der Waals surface area contributed by atoms with Gasteiger partial charge in [0.25, 0.3) is 0 Å². The van der Waals surface area contributed by atoms with Gasteiger partial charge in [0.05, 0.1) is 0 Å². The molecule has 2 unspecified atom stereocenters. The second-order valence-corrected chi connectivity index (χ2v) is 5.10. The summed E-state index contributed by atoms with van der Waals surface area (Å²) in [5, 5.41) is 3.37. The summed E-state index contributed by atoms with van der Waals surface area (Å²) in [5.41, 5.74) is 1.01. The maximum atomic E-state index is 12.3. The molecule has 0 spiro atoms. The van der Waals surface area contributed by atoms with E-state index in [1.807, 2.05) is 6.07 Å². The van der Waals surface area contributed by atoms with Crippen molar-refractivity contribution in [2.45, 2.75) is 39.0 Å². The van der Waals surface area contributed by atoms with Gasteiger partial charge in [-0.05, 0) is 44.1 Å². The van der Waals surface area contributed by atoms with Gasteiger partial charge in [0.15, 0.2) is 0 Å². The van der Waals surface area contributed by atoms with Crippen LogP contribution in [0.5, 0.6) is 5.75 Å². The van der Waals surface area contributed by atoms with Crippen molar-refractivity contribution in [3.05, 3.63) is 29.8 Å². The molecule has 2 atom stereocenters. The Morgan fingerprint density at radius 2 is 2.25 bits per heavy atom. The molecule has 1 heterocycles. The predicted octanol–water partition coefficient (Wildman–Crippen LogP) is 3.03. The molecule has 1 aromatic rings. The highest BCUT2D eigenvalue weighted by molar-refractivity contribution is 5.30. The van der Waals surface area contributed by atoms with E-state index in [4.69, 9.17) is 0 Å². The first kappa shape index (κ1) is 15.2. The van der Waals surface area contributed by atoms with Crippen molar-refractivity contribution in [3.63, 3.8) is 0 Å². The molecule has 0 bridgehead atoms. The number of nitrogens with one attached hydrogen (secondary N) is 1. The van der Waals surface area contributed by atoms with Crippen LogP contribution in [-0.4, -0.2) is 37.2 Å². The highest BCUT2D eigenvalue weighted by Gasteiger charge is 2.26. The fourth-order valence-electron chi connectivity index (χ4n) is 2.91. The molecule has 2 rings (SSSR count). The van der Waals surface area contributed by atoms with Gasteiger partial charge in [0.2, 0.25) is 0 Å². The largest absolute Gasteiger partial charge is 0.435 e. The summed E-state index contributed by atoms with van der Waals surface area (Å²) in [5.74, 6) is 0.227. The number of ether oxygens (including phenoxy) is 1. The van der Waals surface area contributed by atoms with Crippen molar-refractivity contribution in [3.8, 4) is 5.75 Å². The number of hydrogen-bond acceptors (Lipinski definition) is 3. The van der Waals surface area contributed by atoms with Crippen molar-refractivity contribution >= 4 is 0 Å². The average Bonchev–Trinajstić information content (AvgIpc) is 2.93. The lowest BCUT2D eigenvalue weighted by molar-refractivity contribution is -0.0499. The predicted molar refractivity (Wildman–Crippen MR) is 75.1 cm³/mol. The third kappa shape index (κ3) is 3.67. The lowest BCUT2D eigenvalue weighted by Gasteiger charge is -2.33. The number of nitrogens with zero attached hydrogens (tertiary/aromatic N) is 1. The summed E-state index contributed by atoms with van der Waals surface area (Å²) in [6.45, 7) is 4.45. The van der Waals surface area contributed by atoms with Crippen molar-refractivity contribution in [2.75, 3.05) is 19.6 Å². The Labute approximate surface area is 118 Å². The summed E-state index contributed by atoms with van der Waals surface area (Å²) < 4.78 is 29.0. The monoisotopic (exact) mass is 284 g/mol. The minimum absolute atomic E-state index is 0.186. The second kappa shape index (κ2) is 6.99. The van der Waals surface area contributed by atoms with Crippen molar-refractivity contribution in [1.82, 2.24) is 10.2 Å². The second-order valence-electron chi connectivity index (χ2n) is 5.10. The van der Waals surface area contributed by atoms with Gasteiger partial charge in [-0.15, -0.1) is 0 Å². The zero-order chi connectivity index (χ0) is 14.5. The number of hydrogen-bond donors (Lipinski definition) is 1. The first-order chi connectivity index (χ1) is 9.61. The first-order valence-corrected chi connectivity index (χ1v) is 7.13. The fourth-order valence-corrected chi connectivity index (χ4v) is 2.91. The third-order valence-electron chi connectivity index (χ3n) is 3.93. The van der Waals surface area contributed by atoms with Crippen molar-refractivity contribution < 1.29 is 13.5 Å². The Morgan fingerprint density at radius 3 is 2.85 bits per heavy atom. The molecule has 0 aromatic heterocycles. The molecule has 0 amide bonds. The Morgan fingerprint density at radius 1 is 1.45 bits per heavy atom. The molecule has 112 valence electrons. The van der Waals surface area contributed by atoms with Gasteiger partial charge in [-0.3, -0.25) is 4.90 Å². The van der Waals surface area contributed by atoms with Crippen LogP contribution in [0.25, 0.3) is 0 Å². The molecule has 1 aliphatic rings. The molecule has 20 heavy (non-hydrogen) atoms. The molecular formula is C15H22F2N2O. The molecule has 0 saturated carbocycles. The summed E-state index contributed by atoms with van der Waals surface area (Å²) in [7, 11) is 0. The van der Waals surface area contributed by atoms with Crippen LogP contribution in [0.2, 0.25) is 0 Å². The van der Waals surface area contributed by atoms with E-state index in [1.54, 1.807) is 18.2 Å². The van der Waals surface area contributed by atoms with Crippen LogP contribution in [0, 0.1) is 0 Å². The standard InChI is InChI=1S/C15H22F2N2O/c1-3-19(13-7-8-18-10-13)11(2)12-5-4-6-14(9-12)20-15(16)17/h4-6,9,11,13,15,18H,3,7-8,10H2,1-2H3. The Bertz CT molecular complexity index is 422. The molecule has 1 aromatic carbocycles. The molecule has 1 saturated heterocycles. The normalized spacial score (nSPS) is 20.6. The maximum Gasteiger partial charge on any atom is 0.387 e. The van der Waals surface area contributed by atoms with E-state index in [1.165, 1.54) is 0 Å². The van der Waals surface area contributed by atoms with Gasteiger partial charge in [0.1, 0.15) is 5.75 Å². The zero-order valence-electron chi connectivity index (χ0n) is 12.0. The molecule has 1 fully saturated rings. The maximum absolute atomic E-state index is 12.3. The van der Waals surface area contributed by atoms with E-state index >= 15 is 0 Å². The summed E-state index contributed by atoms with van der Waals surface area (Å²) in [6, 6.07) is 7.71. The lowest BCUT2D eigenvalue weighted by atomic mass is 10.0. The van der Waals surface area contributed by atoms with Gasteiger partial charge in [-0.1, -0.05) is 19.1 Å². The minimum atomic E-state index is -2.78. The number of halogens is 2. The Hall–Kier alpha value is -1.20. The van der Waals surface area contributed by atoms with Crippen LogP contribution in [0.3, 0.4) is 0 Å². The first-order valence-electron chi connectivity index (χ1n) is 7.13. The van der Waals surface area contributed by atoms with Crippen molar-refractivity contribution in [1.29, 1.82) is 0 Å². The average molecular weight is 284 g/mol. The highest BCUT2D eigenvalue weighted by atomic mass is 19.3. The van der Waals surface area contributed by atoms with E-state index in [0.717, 1.165) is 31.6 Å². The molecule has 0 aliphatic carbocycles. The number of likely N-dealkylation sites (N-methyl/N-ethyl adjacent to an activating group) is 1. The lowest BCUT2D eigenvalue weighted by Crippen LogP contribution is -2.38. The van der Waals surface area contributed by atoms with E-state index in [9.17, 15) is 8.78 Å². The van der Waals surface area contributed by atoms with Gasteiger partial charge in [-0.25, -0.2) is 0 Å². The van der Waals surface area contributed by atoms with E-state index in [0.29, 0.717) is 6.04 Å². The third-order valence-corrected chi connectivity index (χ3v) is 3.93. The zero-order valence-corrected chi connectivity index (χ0v) is 12.0. The molecule has 3 nitrogen and oxygen atoms in total. The molecule has 5 heteroatoms. The highest BCUT2D eigenvalue weighted by Crippen LogP contribution is 2.27. The van der Waals surface area contributed by atoms with Crippen LogP contribution in [0.1, 0.15) is 31.9 Å². The minimum Gasteiger partial charge on any atom is -0.435 e. The SMILES string of the molecule is CCN(C1CCNC1)C(C)c1cccc(OC(F)F)c1. The summed E-state index contributed by atoms with van der Waals surface area (Å²) >= 11 is 0. The van der Waals surface area contributed by atoms with Crippen LogP contribution in [-0.2, 0) is 0 Å². The molecular weight excluding hydrogens is 262 g/mol. The summed E-state index contributed by atoms with van der Waals surface area (Å²) in [6.07, 6.45) is 1.13. The Kier molecular flexibility index (Phi) is 5.31. The number of rotatable bonds is 6. The van der Waals surface area contributed by atoms with Crippen LogP contribution in [0.15, 0.2) is 24.3 Å². The van der Waals surface area contributed by atoms with Crippen molar-refractivity contribution in [2.24, 2.45) is 0 Å². The smallest absolute Gasteiger partial charge is 0.387 e. The van der Waals surface area contributed by atoms with E-state index in [-0.39, 0.29) is 11.8 Å². The van der Waals surface area contributed by atoms with Gasteiger partial charge < -0.3 is 10.1 Å². The van der Waals surface area contributed by atoms with E-state index in [2.05, 4.69) is 28.8 Å². The summed E-state index contributed by atoms with van der Waals surface area (Å²) in [4.78, 5) is 2.40. The fraction of sp³-hybridized carbons (Fsp3) is 0.600. The van der Waals surface area contributed by atoms with Gasteiger partial charge in [0, 0.05) is 18.6 Å². The topological polar surface area (TPSA) is 24.5 Å². The van der Waals surface area contributed by atoms with Gasteiger partial charge >= 0.3 is 6.61 Å². The molecule has 1 N–H and O–H groups in total. The van der Waals surface area contributed by atoms with Gasteiger partial charge in [-0.2, -0.15) is 8.78 Å².